The Hall–Kier alpha value is -8.14. The third-order valence-electron chi connectivity index (χ3n) is 13.7. The second-order valence-electron chi connectivity index (χ2n) is 17.5. The first-order valence-electron chi connectivity index (χ1n) is 23.1. The first-order valence-corrected chi connectivity index (χ1v) is 23.1. The van der Waals surface area contributed by atoms with E-state index < -0.39 is 0 Å². The van der Waals surface area contributed by atoms with Crippen LogP contribution in [0.25, 0.3) is 77.2 Å². The SMILES string of the molecule is CCC1Cc2ccc(-c3ccccc3N(c3ccc(-c4ccc(-c5cccc6ccccc56)cc4)cc3)c3cccc4oc5ccccc5c34)cc2-c2cccc(Oc3ccccc3C)c21. The van der Waals surface area contributed by atoms with Gasteiger partial charge in [0.1, 0.15) is 22.7 Å². The van der Waals surface area contributed by atoms with Crippen molar-refractivity contribution in [2.45, 2.75) is 32.6 Å². The molecule has 316 valence electrons. The summed E-state index contributed by atoms with van der Waals surface area (Å²) in [5, 5.41) is 4.69. The summed E-state index contributed by atoms with van der Waals surface area (Å²) in [4.78, 5) is 2.42. The summed E-state index contributed by atoms with van der Waals surface area (Å²) in [5.74, 6) is 2.20. The lowest BCUT2D eigenvalue weighted by Crippen LogP contribution is -2.13. The van der Waals surface area contributed by atoms with Gasteiger partial charge in [0.25, 0.3) is 0 Å². The van der Waals surface area contributed by atoms with E-state index in [2.05, 4.69) is 225 Å². The molecule has 0 N–H and O–H groups in total. The van der Waals surface area contributed by atoms with Crippen molar-refractivity contribution < 1.29 is 9.15 Å². The van der Waals surface area contributed by atoms with E-state index in [4.69, 9.17) is 9.15 Å². The van der Waals surface area contributed by atoms with Crippen LogP contribution in [-0.4, -0.2) is 0 Å². The summed E-state index contributed by atoms with van der Waals surface area (Å²) in [5.41, 5.74) is 18.3. The number of ether oxygens (including phenoxy) is 1. The lowest BCUT2D eigenvalue weighted by atomic mass is 9.76. The summed E-state index contributed by atoms with van der Waals surface area (Å²) in [7, 11) is 0. The van der Waals surface area contributed by atoms with E-state index in [0.717, 1.165) is 85.6 Å². The Morgan fingerprint density at radius 1 is 0.485 bits per heavy atom. The van der Waals surface area contributed by atoms with E-state index >= 15 is 0 Å². The van der Waals surface area contributed by atoms with Crippen LogP contribution in [0, 0.1) is 6.92 Å². The van der Waals surface area contributed by atoms with Gasteiger partial charge in [0.15, 0.2) is 0 Å². The van der Waals surface area contributed by atoms with Crippen LogP contribution in [0.1, 0.15) is 36.0 Å². The molecule has 0 aliphatic heterocycles. The maximum Gasteiger partial charge on any atom is 0.137 e. The number of aryl methyl sites for hydroxylation is 1. The van der Waals surface area contributed by atoms with Crippen LogP contribution in [0.2, 0.25) is 0 Å². The molecule has 11 aromatic rings. The first-order chi connectivity index (χ1) is 32.6. The topological polar surface area (TPSA) is 25.6 Å². The van der Waals surface area contributed by atoms with Gasteiger partial charge in [0.2, 0.25) is 0 Å². The Morgan fingerprint density at radius 3 is 1.94 bits per heavy atom. The molecule has 0 fully saturated rings. The average Bonchev–Trinajstić information content (AvgIpc) is 3.77. The minimum atomic E-state index is 0.358. The molecule has 10 aromatic carbocycles. The van der Waals surface area contributed by atoms with Crippen molar-refractivity contribution in [2.24, 2.45) is 0 Å². The van der Waals surface area contributed by atoms with Crippen molar-refractivity contribution in [3.63, 3.8) is 0 Å². The van der Waals surface area contributed by atoms with Crippen molar-refractivity contribution >= 4 is 49.8 Å². The molecular formula is C63H47NO2. The number of hydrogen-bond acceptors (Lipinski definition) is 3. The monoisotopic (exact) mass is 849 g/mol. The van der Waals surface area contributed by atoms with Crippen LogP contribution >= 0.6 is 0 Å². The van der Waals surface area contributed by atoms with Crippen LogP contribution < -0.4 is 9.64 Å². The van der Waals surface area contributed by atoms with Gasteiger partial charge in [-0.15, -0.1) is 0 Å². The minimum Gasteiger partial charge on any atom is -0.457 e. The second-order valence-corrected chi connectivity index (χ2v) is 17.5. The lowest BCUT2D eigenvalue weighted by molar-refractivity contribution is 0.463. The fourth-order valence-corrected chi connectivity index (χ4v) is 10.4. The molecule has 1 heterocycles. The van der Waals surface area contributed by atoms with E-state index in [-0.39, 0.29) is 0 Å². The molecule has 0 spiro atoms. The Morgan fingerprint density at radius 2 is 1.09 bits per heavy atom. The molecule has 3 nitrogen and oxygen atoms in total. The van der Waals surface area contributed by atoms with Gasteiger partial charge in [-0.25, -0.2) is 0 Å². The van der Waals surface area contributed by atoms with Gasteiger partial charge < -0.3 is 14.1 Å². The standard InChI is InChI=1S/C63H47NO2/c1-3-42-39-47-33-34-48(40-55(47)53-22-13-27-60(62(42)53)65-58-25-10-4-15-41(58)2)52-19-7-9-23-56(52)64(57-24-14-28-61-63(57)54-20-8-11-26-59(54)66-61)49-37-35-44(36-38-49)43-29-31-46(32-30-43)51-21-12-17-45-16-5-6-18-50(45)51/h4-38,40,42H,3,39H2,1-2H3. The van der Waals surface area contributed by atoms with Crippen LogP contribution in [-0.2, 0) is 6.42 Å². The Balaban J connectivity index is 0.973. The zero-order valence-electron chi connectivity index (χ0n) is 37.0. The smallest absolute Gasteiger partial charge is 0.137 e. The van der Waals surface area contributed by atoms with Gasteiger partial charge >= 0.3 is 0 Å². The Labute approximate surface area is 385 Å². The number of nitrogens with zero attached hydrogens (tertiary/aromatic N) is 1. The highest BCUT2D eigenvalue weighted by atomic mass is 16.5. The summed E-state index contributed by atoms with van der Waals surface area (Å²) in [6, 6.07) is 78.7. The quantitative estimate of drug-likeness (QED) is 0.145. The van der Waals surface area contributed by atoms with Gasteiger partial charge in [0, 0.05) is 22.2 Å². The molecule has 1 aromatic heterocycles. The molecule has 12 rings (SSSR count). The zero-order valence-corrected chi connectivity index (χ0v) is 37.0. The number of fused-ring (bicyclic) bond motifs is 7. The number of benzene rings is 10. The normalized spacial score (nSPS) is 13.2. The Kier molecular flexibility index (Phi) is 9.83. The molecule has 0 saturated carbocycles. The molecule has 1 unspecified atom stereocenters. The first kappa shape index (κ1) is 39.5. The average molecular weight is 850 g/mol. The van der Waals surface area contributed by atoms with Crippen LogP contribution in [0.3, 0.4) is 0 Å². The Bertz CT molecular complexity index is 3590. The maximum atomic E-state index is 6.74. The van der Waals surface area contributed by atoms with Gasteiger partial charge in [-0.2, -0.15) is 0 Å². The van der Waals surface area contributed by atoms with Crippen molar-refractivity contribution in [2.75, 3.05) is 4.90 Å². The molecule has 0 bridgehead atoms. The lowest BCUT2D eigenvalue weighted by Gasteiger charge is -2.31. The molecule has 3 heteroatoms. The largest absolute Gasteiger partial charge is 0.457 e. The van der Waals surface area contributed by atoms with Crippen molar-refractivity contribution in [1.82, 2.24) is 0 Å². The highest BCUT2D eigenvalue weighted by Gasteiger charge is 2.29. The van der Waals surface area contributed by atoms with Gasteiger partial charge in [-0.1, -0.05) is 171 Å². The molecule has 1 aliphatic carbocycles. The number of rotatable bonds is 9. The van der Waals surface area contributed by atoms with E-state index in [9.17, 15) is 0 Å². The predicted octanol–water partition coefficient (Wildman–Crippen LogP) is 18.0. The van der Waals surface area contributed by atoms with E-state index in [1.165, 1.54) is 49.7 Å². The van der Waals surface area contributed by atoms with Gasteiger partial charge in [0.05, 0.1) is 16.8 Å². The summed E-state index contributed by atoms with van der Waals surface area (Å²) >= 11 is 0. The molecule has 0 radical (unpaired) electrons. The maximum absolute atomic E-state index is 6.74. The van der Waals surface area contributed by atoms with Crippen molar-refractivity contribution in [1.29, 1.82) is 0 Å². The summed E-state index contributed by atoms with van der Waals surface area (Å²) in [6.45, 7) is 4.41. The van der Waals surface area contributed by atoms with Gasteiger partial charge in [-0.05, 0) is 141 Å². The minimum absolute atomic E-state index is 0.358. The predicted molar refractivity (Wildman–Crippen MR) is 276 cm³/mol. The number of furan rings is 1. The highest BCUT2D eigenvalue weighted by Crippen LogP contribution is 2.50. The fourth-order valence-electron chi connectivity index (χ4n) is 10.4. The molecule has 1 atom stereocenters. The molecular weight excluding hydrogens is 803 g/mol. The van der Waals surface area contributed by atoms with Crippen molar-refractivity contribution in [3.05, 3.63) is 235 Å². The van der Waals surface area contributed by atoms with Gasteiger partial charge in [-0.3, -0.25) is 0 Å². The number of hydrogen-bond donors (Lipinski definition) is 0. The van der Waals surface area contributed by atoms with Crippen molar-refractivity contribution in [3.8, 4) is 56.0 Å². The second kappa shape index (κ2) is 16.4. The molecule has 1 aliphatic rings. The number of para-hydroxylation sites is 3. The molecule has 0 amide bonds. The van der Waals surface area contributed by atoms with Crippen LogP contribution in [0.15, 0.2) is 223 Å². The molecule has 0 saturated heterocycles. The van der Waals surface area contributed by atoms with E-state index in [1.807, 2.05) is 12.1 Å². The third kappa shape index (κ3) is 6.83. The summed E-state index contributed by atoms with van der Waals surface area (Å²) in [6.07, 6.45) is 2.00. The van der Waals surface area contributed by atoms with E-state index in [0.29, 0.717) is 5.92 Å². The third-order valence-corrected chi connectivity index (χ3v) is 13.7. The zero-order chi connectivity index (χ0) is 44.1. The number of anilines is 3. The molecule has 66 heavy (non-hydrogen) atoms. The van der Waals surface area contributed by atoms with E-state index in [1.54, 1.807) is 0 Å². The highest BCUT2D eigenvalue weighted by molar-refractivity contribution is 6.14. The summed E-state index contributed by atoms with van der Waals surface area (Å²) < 4.78 is 13.2. The fraction of sp³-hybridized carbons (Fsp3) is 0.0794. The van der Waals surface area contributed by atoms with Crippen LogP contribution in [0.5, 0.6) is 11.5 Å². The van der Waals surface area contributed by atoms with Crippen LogP contribution in [0.4, 0.5) is 17.1 Å².